The number of benzene rings is 1. The van der Waals surface area contributed by atoms with E-state index in [-0.39, 0.29) is 23.4 Å². The second-order valence-electron chi connectivity index (χ2n) is 8.86. The van der Waals surface area contributed by atoms with Gasteiger partial charge in [0.15, 0.2) is 0 Å². The maximum absolute atomic E-state index is 13.3. The molecule has 29 heavy (non-hydrogen) atoms. The van der Waals surface area contributed by atoms with Gasteiger partial charge in [0, 0.05) is 30.1 Å². The number of rotatable bonds is 4. The van der Waals surface area contributed by atoms with Gasteiger partial charge >= 0.3 is 0 Å². The van der Waals surface area contributed by atoms with Gasteiger partial charge in [-0.3, -0.25) is 4.79 Å². The van der Waals surface area contributed by atoms with Crippen LogP contribution in [0.25, 0.3) is 0 Å². The highest BCUT2D eigenvalue weighted by atomic mass is 32.2. The van der Waals surface area contributed by atoms with E-state index in [0.29, 0.717) is 24.4 Å². The van der Waals surface area contributed by atoms with Crippen molar-refractivity contribution >= 4 is 27.3 Å². The van der Waals surface area contributed by atoms with E-state index >= 15 is 0 Å². The van der Waals surface area contributed by atoms with Crippen LogP contribution in [0.15, 0.2) is 46.7 Å². The van der Waals surface area contributed by atoms with Gasteiger partial charge in [0.1, 0.15) is 0 Å². The van der Waals surface area contributed by atoms with Crippen LogP contribution < -0.4 is 0 Å². The van der Waals surface area contributed by atoms with Crippen LogP contribution in [0.2, 0.25) is 0 Å². The zero-order chi connectivity index (χ0) is 21.4. The van der Waals surface area contributed by atoms with Crippen molar-refractivity contribution in [2.24, 2.45) is 0 Å². The Morgan fingerprint density at radius 2 is 1.66 bits per heavy atom. The number of carbonyl (C=O) groups excluding carboxylic acids is 1. The van der Waals surface area contributed by atoms with Gasteiger partial charge in [0.25, 0.3) is 0 Å². The standard InChI is InChI=1S/C22H30N2O3S2/c1-16-14-23(21(25)13-19-7-6-12-28-19)15-17(2)24(16)29(26,27)20-10-8-18(9-11-20)22(3,4)5/h6-12,16-17H,13-15H2,1-5H3/t16-,17+. The van der Waals surface area contributed by atoms with Gasteiger partial charge in [-0.25, -0.2) is 8.42 Å². The lowest BCUT2D eigenvalue weighted by molar-refractivity contribution is -0.133. The first-order valence-corrected chi connectivity index (χ1v) is 12.3. The van der Waals surface area contributed by atoms with Crippen LogP contribution >= 0.6 is 11.3 Å². The lowest BCUT2D eigenvalue weighted by Gasteiger charge is -2.43. The summed E-state index contributed by atoms with van der Waals surface area (Å²) in [7, 11) is -3.62. The first kappa shape index (κ1) is 22.0. The van der Waals surface area contributed by atoms with Crippen molar-refractivity contribution in [2.75, 3.05) is 13.1 Å². The summed E-state index contributed by atoms with van der Waals surface area (Å²) in [4.78, 5) is 15.8. The average molecular weight is 435 g/mol. The number of piperazine rings is 1. The van der Waals surface area contributed by atoms with Crippen molar-refractivity contribution in [3.8, 4) is 0 Å². The third-order valence-electron chi connectivity index (χ3n) is 5.39. The fourth-order valence-corrected chi connectivity index (χ4v) is 6.41. The van der Waals surface area contributed by atoms with Crippen LogP contribution in [0.1, 0.15) is 45.1 Å². The first-order valence-electron chi connectivity index (χ1n) is 9.94. The molecule has 3 rings (SSSR count). The highest BCUT2D eigenvalue weighted by Gasteiger charge is 2.39. The highest BCUT2D eigenvalue weighted by molar-refractivity contribution is 7.89. The Morgan fingerprint density at radius 1 is 1.07 bits per heavy atom. The van der Waals surface area contributed by atoms with Crippen molar-refractivity contribution in [3.63, 3.8) is 0 Å². The fourth-order valence-electron chi connectivity index (χ4n) is 3.91. The van der Waals surface area contributed by atoms with Crippen LogP contribution in [0.3, 0.4) is 0 Å². The van der Waals surface area contributed by atoms with Gasteiger partial charge < -0.3 is 4.90 Å². The van der Waals surface area contributed by atoms with E-state index < -0.39 is 10.0 Å². The summed E-state index contributed by atoms with van der Waals surface area (Å²) >= 11 is 1.57. The quantitative estimate of drug-likeness (QED) is 0.733. The van der Waals surface area contributed by atoms with E-state index in [9.17, 15) is 13.2 Å². The van der Waals surface area contributed by atoms with Crippen LogP contribution in [0.4, 0.5) is 0 Å². The first-order chi connectivity index (χ1) is 13.5. The Labute approximate surface area is 178 Å². The zero-order valence-corrected chi connectivity index (χ0v) is 19.4. The molecule has 0 spiro atoms. The fraction of sp³-hybridized carbons (Fsp3) is 0.500. The number of sulfonamides is 1. The Bertz CT molecular complexity index is 933. The minimum absolute atomic E-state index is 0.0303. The molecular weight excluding hydrogens is 404 g/mol. The molecule has 1 aromatic heterocycles. The number of amides is 1. The zero-order valence-electron chi connectivity index (χ0n) is 17.8. The molecule has 1 saturated heterocycles. The van der Waals surface area contributed by atoms with Crippen LogP contribution in [0, 0.1) is 0 Å². The van der Waals surface area contributed by atoms with Crippen LogP contribution in [-0.4, -0.2) is 48.7 Å². The van der Waals surface area contributed by atoms with Gasteiger partial charge in [0.05, 0.1) is 11.3 Å². The van der Waals surface area contributed by atoms with Crippen molar-refractivity contribution in [1.82, 2.24) is 9.21 Å². The molecule has 1 aliphatic rings. The molecule has 1 aliphatic heterocycles. The molecule has 1 fully saturated rings. The Hall–Kier alpha value is -1.70. The van der Waals surface area contributed by atoms with Crippen LogP contribution in [0.5, 0.6) is 0 Å². The summed E-state index contributed by atoms with van der Waals surface area (Å²) in [5.41, 5.74) is 1.07. The maximum atomic E-state index is 13.3. The molecule has 7 heteroatoms. The smallest absolute Gasteiger partial charge is 0.243 e. The van der Waals surface area contributed by atoms with Gasteiger partial charge in [-0.1, -0.05) is 39.0 Å². The van der Waals surface area contributed by atoms with E-state index in [1.165, 1.54) is 0 Å². The molecule has 0 bridgehead atoms. The molecule has 1 amide bonds. The molecule has 158 valence electrons. The molecule has 5 nitrogen and oxygen atoms in total. The highest BCUT2D eigenvalue weighted by Crippen LogP contribution is 2.28. The minimum Gasteiger partial charge on any atom is -0.339 e. The molecule has 0 unspecified atom stereocenters. The van der Waals surface area contributed by atoms with Gasteiger partial charge in [0.2, 0.25) is 15.9 Å². The second kappa shape index (κ2) is 8.20. The summed E-state index contributed by atoms with van der Waals surface area (Å²) < 4.78 is 28.2. The minimum atomic E-state index is -3.62. The largest absolute Gasteiger partial charge is 0.339 e. The summed E-state index contributed by atoms with van der Waals surface area (Å²) in [6.07, 6.45) is 0.373. The van der Waals surface area contributed by atoms with E-state index in [4.69, 9.17) is 0 Å². The maximum Gasteiger partial charge on any atom is 0.243 e. The molecule has 0 aliphatic carbocycles. The molecule has 0 N–H and O–H groups in total. The Balaban J connectivity index is 1.76. The average Bonchev–Trinajstić information content (AvgIpc) is 3.13. The van der Waals surface area contributed by atoms with Crippen molar-refractivity contribution < 1.29 is 13.2 Å². The van der Waals surface area contributed by atoms with E-state index in [1.54, 1.807) is 32.7 Å². The summed E-state index contributed by atoms with van der Waals surface area (Å²) in [5.74, 6) is 0.0535. The van der Waals surface area contributed by atoms with Crippen molar-refractivity contribution in [1.29, 1.82) is 0 Å². The predicted octanol–water partition coefficient (Wildman–Crippen LogP) is 3.90. The second-order valence-corrected chi connectivity index (χ2v) is 11.7. The van der Waals surface area contributed by atoms with E-state index in [1.807, 2.05) is 43.5 Å². The normalized spacial score (nSPS) is 21.3. The molecule has 2 aromatic rings. The van der Waals surface area contributed by atoms with Crippen molar-refractivity contribution in [3.05, 3.63) is 52.2 Å². The number of nitrogens with zero attached hydrogens (tertiary/aromatic N) is 2. The molecule has 0 radical (unpaired) electrons. The van der Waals surface area contributed by atoms with Gasteiger partial charge in [-0.15, -0.1) is 11.3 Å². The molecule has 1 aromatic carbocycles. The van der Waals surface area contributed by atoms with Crippen LogP contribution in [-0.2, 0) is 26.7 Å². The van der Waals surface area contributed by atoms with Crippen molar-refractivity contribution in [2.45, 2.75) is 63.4 Å². The molecular formula is C22H30N2O3S2. The third-order valence-corrected chi connectivity index (χ3v) is 8.41. The Morgan fingerprint density at radius 3 is 2.14 bits per heavy atom. The van der Waals surface area contributed by atoms with E-state index in [2.05, 4.69) is 20.8 Å². The molecule has 2 heterocycles. The molecule has 2 atom stereocenters. The number of hydrogen-bond acceptors (Lipinski definition) is 4. The SMILES string of the molecule is C[C@@H]1CN(C(=O)Cc2cccs2)C[C@H](C)N1S(=O)(=O)c1ccc(C(C)(C)C)cc1. The van der Waals surface area contributed by atoms with Gasteiger partial charge in [-0.2, -0.15) is 4.31 Å². The monoisotopic (exact) mass is 434 g/mol. The predicted molar refractivity (Wildman–Crippen MR) is 118 cm³/mol. The lowest BCUT2D eigenvalue weighted by Crippen LogP contribution is -2.59. The summed E-state index contributed by atoms with van der Waals surface area (Å²) in [5, 5.41) is 1.96. The summed E-state index contributed by atoms with van der Waals surface area (Å²) in [6.45, 7) is 10.9. The number of thiophene rings is 1. The van der Waals surface area contributed by atoms with E-state index in [0.717, 1.165) is 10.4 Å². The topological polar surface area (TPSA) is 57.7 Å². The Kier molecular flexibility index (Phi) is 6.22. The summed E-state index contributed by atoms with van der Waals surface area (Å²) in [6, 6.07) is 10.5. The lowest BCUT2D eigenvalue weighted by atomic mass is 9.87. The number of hydrogen-bond donors (Lipinski definition) is 0. The molecule has 0 saturated carbocycles. The van der Waals surface area contributed by atoms with Gasteiger partial charge in [-0.05, 0) is 48.4 Å². The number of carbonyl (C=O) groups is 1. The third kappa shape index (κ3) is 4.73.